The molecule has 0 saturated carbocycles. The second-order valence-corrected chi connectivity index (χ2v) is 6.12. The van der Waals surface area contributed by atoms with Crippen LogP contribution in [-0.4, -0.2) is 19.5 Å². The largest absolute Gasteiger partial charge is 0.392 e. The van der Waals surface area contributed by atoms with Crippen molar-refractivity contribution >= 4 is 28.4 Å². The first-order valence-corrected chi connectivity index (χ1v) is 6.31. The topological polar surface area (TPSA) is 56.7 Å². The van der Waals surface area contributed by atoms with Crippen molar-refractivity contribution < 1.29 is 0 Å². The molecule has 2 rings (SSSR count). The monoisotopic (exact) mass is 262 g/mol. The third-order valence-corrected chi connectivity index (χ3v) is 2.84. The van der Waals surface area contributed by atoms with Crippen molar-refractivity contribution in [3.05, 3.63) is 23.7 Å². The smallest absolute Gasteiger partial charge is 0.160 e. The molecule has 0 aliphatic rings. The summed E-state index contributed by atoms with van der Waals surface area (Å²) >= 11 is 5.02. The van der Waals surface area contributed by atoms with E-state index in [0.29, 0.717) is 11.5 Å². The number of nitrogens with zero attached hydrogens (tertiary/aromatic N) is 3. The van der Waals surface area contributed by atoms with Crippen LogP contribution in [0.25, 0.3) is 11.2 Å². The second-order valence-electron chi connectivity index (χ2n) is 5.59. The summed E-state index contributed by atoms with van der Waals surface area (Å²) in [5.74, 6) is 0.961. The molecular weight excluding hydrogens is 244 g/mol. The van der Waals surface area contributed by atoms with Gasteiger partial charge in [0.2, 0.25) is 0 Å². The fraction of sp³-hybridized carbons (Fsp3) is 0.462. The normalized spacial score (nSPS) is 12.0. The minimum atomic E-state index is -0.0701. The molecule has 2 aromatic rings. The highest BCUT2D eigenvalue weighted by atomic mass is 32.1. The van der Waals surface area contributed by atoms with Crippen LogP contribution >= 0.6 is 12.2 Å². The lowest BCUT2D eigenvalue weighted by atomic mass is 9.96. The van der Waals surface area contributed by atoms with Gasteiger partial charge in [0.15, 0.2) is 5.65 Å². The third-order valence-electron chi connectivity index (χ3n) is 2.71. The van der Waals surface area contributed by atoms with E-state index in [2.05, 4.69) is 30.7 Å². The fourth-order valence-corrected chi connectivity index (χ4v) is 2.12. The van der Waals surface area contributed by atoms with Crippen molar-refractivity contribution in [3.8, 4) is 0 Å². The summed E-state index contributed by atoms with van der Waals surface area (Å²) in [7, 11) is 0. The molecule has 0 atom stereocenters. The molecule has 0 aliphatic heterocycles. The number of rotatable bonds is 2. The van der Waals surface area contributed by atoms with Crippen LogP contribution in [0.15, 0.2) is 12.3 Å². The molecule has 18 heavy (non-hydrogen) atoms. The van der Waals surface area contributed by atoms with Gasteiger partial charge in [0.1, 0.15) is 11.3 Å². The maximum atomic E-state index is 5.67. The lowest BCUT2D eigenvalue weighted by Crippen LogP contribution is -2.24. The van der Waals surface area contributed by atoms with E-state index in [4.69, 9.17) is 18.0 Å². The molecule has 2 aromatic heterocycles. The lowest BCUT2D eigenvalue weighted by Gasteiger charge is -2.19. The fourth-order valence-electron chi connectivity index (χ4n) is 1.99. The molecule has 0 radical (unpaired) electrons. The Morgan fingerprint density at radius 1 is 1.44 bits per heavy atom. The van der Waals surface area contributed by atoms with E-state index < -0.39 is 0 Å². The van der Waals surface area contributed by atoms with Gasteiger partial charge in [0.05, 0.1) is 11.5 Å². The molecule has 0 bridgehead atoms. The van der Waals surface area contributed by atoms with Crippen LogP contribution in [-0.2, 0) is 12.0 Å². The first kappa shape index (κ1) is 13.0. The van der Waals surface area contributed by atoms with Gasteiger partial charge < -0.3 is 10.3 Å². The summed E-state index contributed by atoms with van der Waals surface area (Å²) in [6, 6.07) is 2.04. The first-order chi connectivity index (χ1) is 8.29. The minimum Gasteiger partial charge on any atom is -0.392 e. The van der Waals surface area contributed by atoms with Gasteiger partial charge in [-0.2, -0.15) is 0 Å². The number of aryl methyl sites for hydroxylation is 1. The lowest BCUT2D eigenvalue weighted by molar-refractivity contribution is 0.521. The molecule has 2 heterocycles. The molecule has 0 saturated heterocycles. The Hall–Kier alpha value is -1.49. The van der Waals surface area contributed by atoms with E-state index in [1.54, 1.807) is 0 Å². The highest BCUT2D eigenvalue weighted by Crippen LogP contribution is 2.25. The average molecular weight is 262 g/mol. The molecule has 5 heteroatoms. The Morgan fingerprint density at radius 2 is 2.11 bits per heavy atom. The quantitative estimate of drug-likeness (QED) is 0.844. The van der Waals surface area contributed by atoms with E-state index >= 15 is 0 Å². The highest BCUT2D eigenvalue weighted by molar-refractivity contribution is 7.80. The Morgan fingerprint density at radius 3 is 2.67 bits per heavy atom. The number of aromatic nitrogens is 3. The predicted molar refractivity (Wildman–Crippen MR) is 77.8 cm³/mol. The molecule has 0 unspecified atom stereocenters. The van der Waals surface area contributed by atoms with E-state index in [1.807, 2.05) is 23.8 Å². The molecular formula is C13H18N4S. The molecule has 0 aromatic carbocycles. The van der Waals surface area contributed by atoms with E-state index in [1.165, 1.54) is 0 Å². The van der Waals surface area contributed by atoms with E-state index in [0.717, 1.165) is 22.6 Å². The Bertz CT molecular complexity index is 607. The zero-order chi connectivity index (χ0) is 13.5. The SMILES string of the molecule is Cc1cnc2c(c1)nc(C(C)(C)C)n2CC(N)=S. The zero-order valence-electron chi connectivity index (χ0n) is 11.2. The molecule has 0 amide bonds. The predicted octanol–water partition coefficient (Wildman–Crippen LogP) is 2.32. The number of fused-ring (bicyclic) bond motifs is 1. The Balaban J connectivity index is 2.72. The minimum absolute atomic E-state index is 0.0701. The van der Waals surface area contributed by atoms with Crippen molar-refractivity contribution in [1.29, 1.82) is 0 Å². The number of pyridine rings is 1. The number of hydrogen-bond donors (Lipinski definition) is 1. The van der Waals surface area contributed by atoms with Gasteiger partial charge in [-0.1, -0.05) is 33.0 Å². The van der Waals surface area contributed by atoms with Gasteiger partial charge in [-0.15, -0.1) is 0 Å². The third kappa shape index (κ3) is 2.36. The van der Waals surface area contributed by atoms with Crippen molar-refractivity contribution in [2.45, 2.75) is 39.7 Å². The van der Waals surface area contributed by atoms with Gasteiger partial charge >= 0.3 is 0 Å². The summed E-state index contributed by atoms with van der Waals surface area (Å²) in [5.41, 5.74) is 8.45. The van der Waals surface area contributed by atoms with Crippen molar-refractivity contribution in [2.24, 2.45) is 5.73 Å². The number of hydrogen-bond acceptors (Lipinski definition) is 3. The van der Waals surface area contributed by atoms with Crippen LogP contribution in [0.4, 0.5) is 0 Å². The van der Waals surface area contributed by atoms with Crippen molar-refractivity contribution in [2.75, 3.05) is 0 Å². The second kappa shape index (κ2) is 4.31. The van der Waals surface area contributed by atoms with Gasteiger partial charge in [-0.05, 0) is 18.6 Å². The van der Waals surface area contributed by atoms with Gasteiger partial charge in [-0.25, -0.2) is 9.97 Å². The molecule has 0 spiro atoms. The molecule has 2 N–H and O–H groups in total. The number of imidazole rings is 1. The van der Waals surface area contributed by atoms with Gasteiger partial charge in [-0.3, -0.25) is 0 Å². The van der Waals surface area contributed by atoms with Crippen molar-refractivity contribution in [3.63, 3.8) is 0 Å². The maximum absolute atomic E-state index is 5.67. The maximum Gasteiger partial charge on any atom is 0.160 e. The number of nitrogens with two attached hydrogens (primary N) is 1. The first-order valence-electron chi connectivity index (χ1n) is 5.90. The summed E-state index contributed by atoms with van der Waals surface area (Å²) in [5, 5.41) is 0. The highest BCUT2D eigenvalue weighted by Gasteiger charge is 2.23. The van der Waals surface area contributed by atoms with Crippen LogP contribution in [0.2, 0.25) is 0 Å². The summed E-state index contributed by atoms with van der Waals surface area (Å²) in [4.78, 5) is 9.58. The van der Waals surface area contributed by atoms with E-state index in [9.17, 15) is 0 Å². The summed E-state index contributed by atoms with van der Waals surface area (Å²) in [6.07, 6.45) is 1.84. The molecule has 96 valence electrons. The van der Waals surface area contributed by atoms with Crippen molar-refractivity contribution in [1.82, 2.24) is 14.5 Å². The summed E-state index contributed by atoms with van der Waals surface area (Å²) in [6.45, 7) is 8.86. The van der Waals surface area contributed by atoms with Gasteiger partial charge in [0, 0.05) is 11.6 Å². The van der Waals surface area contributed by atoms with Crippen LogP contribution in [0.5, 0.6) is 0 Å². The molecule has 4 nitrogen and oxygen atoms in total. The summed E-state index contributed by atoms with van der Waals surface area (Å²) < 4.78 is 2.01. The Labute approximate surface area is 112 Å². The van der Waals surface area contributed by atoms with E-state index in [-0.39, 0.29) is 5.41 Å². The van der Waals surface area contributed by atoms with Crippen LogP contribution < -0.4 is 5.73 Å². The average Bonchev–Trinajstić information content (AvgIpc) is 2.55. The van der Waals surface area contributed by atoms with Crippen LogP contribution in [0.3, 0.4) is 0 Å². The van der Waals surface area contributed by atoms with Gasteiger partial charge in [0.25, 0.3) is 0 Å². The standard InChI is InChI=1S/C13H18N4S/c1-8-5-9-11(15-6-8)17(7-10(14)18)12(16-9)13(2,3)4/h5-6H,7H2,1-4H3,(H2,14,18). The van der Waals surface area contributed by atoms with Crippen LogP contribution in [0, 0.1) is 6.92 Å². The molecule has 0 fully saturated rings. The molecule has 0 aliphatic carbocycles. The number of thiocarbonyl (C=S) groups is 1. The Kier molecular flexibility index (Phi) is 3.11. The van der Waals surface area contributed by atoms with Crippen LogP contribution in [0.1, 0.15) is 32.2 Å². The zero-order valence-corrected chi connectivity index (χ0v) is 12.0.